The van der Waals surface area contributed by atoms with E-state index in [-0.39, 0.29) is 18.1 Å². The number of hydrogen-bond donors (Lipinski definition) is 2. The van der Waals surface area contributed by atoms with Gasteiger partial charge in [-0.2, -0.15) is 0 Å². The molecule has 0 spiro atoms. The molecule has 6 nitrogen and oxygen atoms in total. The van der Waals surface area contributed by atoms with Gasteiger partial charge in [0.1, 0.15) is 5.82 Å². The third-order valence-electron chi connectivity index (χ3n) is 2.13. The second kappa shape index (κ2) is 5.42. The molecule has 16 heavy (non-hydrogen) atoms. The van der Waals surface area contributed by atoms with Crippen LogP contribution in [0.1, 0.15) is 19.2 Å². The van der Waals surface area contributed by atoms with Crippen molar-refractivity contribution in [3.63, 3.8) is 0 Å². The van der Waals surface area contributed by atoms with E-state index < -0.39 is 10.0 Å². The van der Waals surface area contributed by atoms with Crippen molar-refractivity contribution in [1.82, 2.24) is 14.3 Å². The van der Waals surface area contributed by atoms with E-state index in [4.69, 9.17) is 5.73 Å². The van der Waals surface area contributed by atoms with Crippen LogP contribution in [-0.2, 0) is 16.6 Å². The zero-order valence-corrected chi connectivity index (χ0v) is 10.4. The quantitative estimate of drug-likeness (QED) is 0.729. The van der Waals surface area contributed by atoms with Crippen LogP contribution in [-0.4, -0.2) is 31.1 Å². The van der Waals surface area contributed by atoms with Crippen LogP contribution < -0.4 is 10.5 Å². The van der Waals surface area contributed by atoms with Crippen LogP contribution in [0.4, 0.5) is 0 Å². The maximum atomic E-state index is 11.7. The van der Waals surface area contributed by atoms with Gasteiger partial charge in [0.05, 0.1) is 0 Å². The van der Waals surface area contributed by atoms with Crippen LogP contribution in [0.5, 0.6) is 0 Å². The lowest BCUT2D eigenvalue weighted by Gasteiger charge is -2.01. The van der Waals surface area contributed by atoms with Gasteiger partial charge in [-0.25, -0.2) is 18.1 Å². The van der Waals surface area contributed by atoms with Crippen molar-refractivity contribution >= 4 is 10.0 Å². The van der Waals surface area contributed by atoms with Gasteiger partial charge in [0.2, 0.25) is 0 Å². The first-order valence-corrected chi connectivity index (χ1v) is 6.73. The molecule has 1 rings (SSSR count). The van der Waals surface area contributed by atoms with Crippen LogP contribution in [0.2, 0.25) is 0 Å². The zero-order valence-electron chi connectivity index (χ0n) is 9.60. The minimum Gasteiger partial charge on any atom is -0.334 e. The van der Waals surface area contributed by atoms with Gasteiger partial charge in [0.15, 0.2) is 5.03 Å². The molecule has 3 N–H and O–H groups in total. The van der Waals surface area contributed by atoms with Crippen molar-refractivity contribution in [2.24, 2.45) is 5.73 Å². The van der Waals surface area contributed by atoms with Gasteiger partial charge in [0, 0.05) is 25.8 Å². The largest absolute Gasteiger partial charge is 0.334 e. The number of imidazole rings is 1. The molecule has 1 heterocycles. The fourth-order valence-electron chi connectivity index (χ4n) is 1.34. The lowest BCUT2D eigenvalue weighted by Crippen LogP contribution is -2.29. The summed E-state index contributed by atoms with van der Waals surface area (Å²) < 4.78 is 27.6. The molecule has 0 aromatic carbocycles. The molecule has 92 valence electrons. The highest BCUT2D eigenvalue weighted by molar-refractivity contribution is 7.89. The van der Waals surface area contributed by atoms with E-state index in [1.54, 1.807) is 13.1 Å². The highest BCUT2D eigenvalue weighted by Gasteiger charge is 2.17. The van der Waals surface area contributed by atoms with E-state index in [0.29, 0.717) is 5.82 Å². The molecule has 1 aromatic heterocycles. The third kappa shape index (κ3) is 3.03. The SMILES string of the molecule is CCCn1cc(S(=O)(=O)NCCN)nc1C. The number of aromatic nitrogens is 2. The van der Waals surface area contributed by atoms with Gasteiger partial charge in [-0.1, -0.05) is 6.92 Å². The van der Waals surface area contributed by atoms with Gasteiger partial charge in [-0.3, -0.25) is 0 Å². The third-order valence-corrected chi connectivity index (χ3v) is 3.46. The second-order valence-corrected chi connectivity index (χ2v) is 5.22. The molecule has 7 heteroatoms. The van der Waals surface area contributed by atoms with Crippen molar-refractivity contribution in [1.29, 1.82) is 0 Å². The van der Waals surface area contributed by atoms with E-state index in [2.05, 4.69) is 9.71 Å². The Morgan fingerprint density at radius 3 is 2.81 bits per heavy atom. The van der Waals surface area contributed by atoms with E-state index in [9.17, 15) is 8.42 Å². The van der Waals surface area contributed by atoms with Gasteiger partial charge >= 0.3 is 0 Å². The van der Waals surface area contributed by atoms with E-state index >= 15 is 0 Å². The Labute approximate surface area is 95.9 Å². The van der Waals surface area contributed by atoms with Gasteiger partial charge in [-0.05, 0) is 13.3 Å². The fraction of sp³-hybridized carbons (Fsp3) is 0.667. The van der Waals surface area contributed by atoms with Crippen LogP contribution >= 0.6 is 0 Å². The number of hydrogen-bond acceptors (Lipinski definition) is 4. The summed E-state index contributed by atoms with van der Waals surface area (Å²) in [5.41, 5.74) is 5.24. The molecule has 0 bridgehead atoms. The summed E-state index contributed by atoms with van der Waals surface area (Å²) in [6.07, 6.45) is 2.49. The monoisotopic (exact) mass is 246 g/mol. The predicted molar refractivity (Wildman–Crippen MR) is 61.5 cm³/mol. The number of aryl methyl sites for hydroxylation is 2. The molecule has 0 unspecified atom stereocenters. The minimum atomic E-state index is -3.50. The topological polar surface area (TPSA) is 90.0 Å². The highest BCUT2D eigenvalue weighted by atomic mass is 32.2. The Hall–Kier alpha value is -0.920. The average molecular weight is 246 g/mol. The smallest absolute Gasteiger partial charge is 0.259 e. The Bertz CT molecular complexity index is 438. The lowest BCUT2D eigenvalue weighted by atomic mass is 10.5. The molecule has 0 atom stereocenters. The molecule has 0 aliphatic carbocycles. The maximum Gasteiger partial charge on any atom is 0.259 e. The Kier molecular flexibility index (Phi) is 4.45. The zero-order chi connectivity index (χ0) is 12.2. The lowest BCUT2D eigenvalue weighted by molar-refractivity contribution is 0.578. The summed E-state index contributed by atoms with van der Waals surface area (Å²) in [6, 6.07) is 0. The Morgan fingerprint density at radius 1 is 1.56 bits per heavy atom. The molecule has 0 aliphatic rings. The first-order chi connectivity index (χ1) is 7.51. The molecular formula is C9H18N4O2S. The number of rotatable bonds is 6. The fourth-order valence-corrected chi connectivity index (χ4v) is 2.40. The number of sulfonamides is 1. The minimum absolute atomic E-state index is 0.0619. The van der Waals surface area contributed by atoms with Gasteiger partial charge in [0.25, 0.3) is 10.0 Å². The molecule has 0 aliphatic heterocycles. The highest BCUT2D eigenvalue weighted by Crippen LogP contribution is 2.09. The second-order valence-electron chi connectivity index (χ2n) is 3.51. The van der Waals surface area contributed by atoms with E-state index in [1.165, 1.54) is 0 Å². The van der Waals surface area contributed by atoms with Gasteiger partial charge < -0.3 is 10.3 Å². The van der Waals surface area contributed by atoms with Crippen molar-refractivity contribution < 1.29 is 8.42 Å². The molecule has 0 amide bonds. The predicted octanol–water partition coefficient (Wildman–Crippen LogP) is -0.161. The Morgan fingerprint density at radius 2 is 2.25 bits per heavy atom. The standard InChI is InChI=1S/C9H18N4O2S/c1-3-6-13-7-9(12-8(13)2)16(14,15)11-5-4-10/h7,11H,3-6,10H2,1-2H3. The summed E-state index contributed by atoms with van der Waals surface area (Å²) >= 11 is 0. The van der Waals surface area contributed by atoms with E-state index in [0.717, 1.165) is 13.0 Å². The number of nitrogens with two attached hydrogens (primary N) is 1. The molecule has 0 radical (unpaired) electrons. The summed E-state index contributed by atoms with van der Waals surface area (Å²) in [4.78, 5) is 4.03. The average Bonchev–Trinajstić information content (AvgIpc) is 2.59. The maximum absolute atomic E-state index is 11.7. The molecule has 1 aromatic rings. The van der Waals surface area contributed by atoms with Crippen molar-refractivity contribution in [2.45, 2.75) is 31.8 Å². The van der Waals surface area contributed by atoms with Crippen molar-refractivity contribution in [2.75, 3.05) is 13.1 Å². The molecule has 0 saturated heterocycles. The molecule has 0 fully saturated rings. The molecular weight excluding hydrogens is 228 g/mol. The molecule has 0 saturated carbocycles. The van der Waals surface area contributed by atoms with Crippen LogP contribution in [0.15, 0.2) is 11.2 Å². The summed E-state index contributed by atoms with van der Waals surface area (Å²) in [7, 11) is -3.50. The van der Waals surface area contributed by atoms with Crippen molar-refractivity contribution in [3.8, 4) is 0 Å². The van der Waals surface area contributed by atoms with Gasteiger partial charge in [-0.15, -0.1) is 0 Å². The van der Waals surface area contributed by atoms with Crippen molar-refractivity contribution in [3.05, 3.63) is 12.0 Å². The normalized spacial score (nSPS) is 11.9. The summed E-state index contributed by atoms with van der Waals surface area (Å²) in [6.45, 7) is 5.08. The van der Waals surface area contributed by atoms with Crippen LogP contribution in [0, 0.1) is 6.92 Å². The van der Waals surface area contributed by atoms with Crippen LogP contribution in [0.25, 0.3) is 0 Å². The Balaban J connectivity index is 2.91. The number of nitrogens with zero attached hydrogens (tertiary/aromatic N) is 2. The summed E-state index contributed by atoms with van der Waals surface area (Å²) in [5.74, 6) is 0.704. The summed E-state index contributed by atoms with van der Waals surface area (Å²) in [5, 5.41) is 0.0619. The first kappa shape index (κ1) is 13.1. The number of nitrogens with one attached hydrogen (secondary N) is 1. The van der Waals surface area contributed by atoms with E-state index in [1.807, 2.05) is 11.5 Å². The first-order valence-electron chi connectivity index (χ1n) is 5.24. The van der Waals surface area contributed by atoms with Crippen LogP contribution in [0.3, 0.4) is 0 Å².